The second-order valence-corrected chi connectivity index (χ2v) is 8.40. The highest BCUT2D eigenvalue weighted by Crippen LogP contribution is 2.19. The highest BCUT2D eigenvalue weighted by Gasteiger charge is 2.32. The lowest BCUT2D eigenvalue weighted by Crippen LogP contribution is -2.40. The number of benzene rings is 1. The van der Waals surface area contributed by atoms with Crippen LogP contribution in [0.15, 0.2) is 24.5 Å². The minimum absolute atomic E-state index is 0.0506. The average molecular weight is 364 g/mol. The molecule has 0 bridgehead atoms. The number of carbonyl (C=O) groups excluding carboxylic acids is 1. The van der Waals surface area contributed by atoms with Crippen molar-refractivity contribution in [3.8, 4) is 5.69 Å². The Hall–Kier alpha value is -2.49. The summed E-state index contributed by atoms with van der Waals surface area (Å²) in [5, 5.41) is 14.2. The van der Waals surface area contributed by atoms with E-state index in [1.165, 1.54) is 11.2 Å². The molecule has 1 atom stereocenters. The second-order valence-electron chi connectivity index (χ2n) is 6.17. The SMILES string of the molecule is Cc1cc(NCC(=O)N(C)[C@H]2CCS(=O)(=O)C2)ccc1-n1cnnn1. The van der Waals surface area contributed by atoms with Crippen LogP contribution in [0.3, 0.4) is 0 Å². The molecule has 2 heterocycles. The lowest BCUT2D eigenvalue weighted by atomic mass is 10.1. The number of tetrazole rings is 1. The van der Waals surface area contributed by atoms with E-state index in [0.717, 1.165) is 16.9 Å². The standard InChI is InChI=1S/C15H20N6O3S/c1-11-7-12(3-4-14(11)21-10-17-18-19-21)16-8-15(22)20(2)13-5-6-25(23,24)9-13/h3-4,7,10,13,16H,5-6,8-9H2,1-2H3/t13-/m0/s1. The minimum Gasteiger partial charge on any atom is -0.376 e. The number of aromatic nitrogens is 4. The van der Waals surface area contributed by atoms with Crippen LogP contribution < -0.4 is 5.32 Å². The number of nitrogens with zero attached hydrogens (tertiary/aromatic N) is 5. The number of nitrogens with one attached hydrogen (secondary N) is 1. The first-order chi connectivity index (χ1) is 11.9. The van der Waals surface area contributed by atoms with Gasteiger partial charge in [0.25, 0.3) is 0 Å². The lowest BCUT2D eigenvalue weighted by Gasteiger charge is -2.23. The summed E-state index contributed by atoms with van der Waals surface area (Å²) in [4.78, 5) is 13.8. The fourth-order valence-corrected chi connectivity index (χ4v) is 4.66. The Morgan fingerprint density at radius 3 is 2.84 bits per heavy atom. The monoisotopic (exact) mass is 364 g/mol. The maximum Gasteiger partial charge on any atom is 0.241 e. The Morgan fingerprint density at radius 1 is 1.44 bits per heavy atom. The van der Waals surface area contributed by atoms with Crippen molar-refractivity contribution in [1.82, 2.24) is 25.1 Å². The number of anilines is 1. The molecule has 1 aliphatic heterocycles. The van der Waals surface area contributed by atoms with E-state index in [9.17, 15) is 13.2 Å². The van der Waals surface area contributed by atoms with E-state index < -0.39 is 9.84 Å². The second kappa shape index (κ2) is 6.79. The quantitative estimate of drug-likeness (QED) is 0.797. The molecule has 0 saturated carbocycles. The van der Waals surface area contributed by atoms with Gasteiger partial charge in [0.15, 0.2) is 9.84 Å². The number of aryl methyl sites for hydroxylation is 1. The minimum atomic E-state index is -3.01. The Kier molecular flexibility index (Phi) is 4.71. The van der Waals surface area contributed by atoms with Gasteiger partial charge in [-0.1, -0.05) is 0 Å². The van der Waals surface area contributed by atoms with Gasteiger partial charge >= 0.3 is 0 Å². The zero-order chi connectivity index (χ0) is 18.0. The third kappa shape index (κ3) is 3.95. The number of hydrogen-bond donors (Lipinski definition) is 1. The summed E-state index contributed by atoms with van der Waals surface area (Å²) in [5.41, 5.74) is 2.62. The molecule has 10 heteroatoms. The van der Waals surface area contributed by atoms with E-state index in [1.54, 1.807) is 11.7 Å². The fraction of sp³-hybridized carbons (Fsp3) is 0.467. The molecule has 3 rings (SSSR count). The van der Waals surface area contributed by atoms with Crippen molar-refractivity contribution >= 4 is 21.4 Å². The van der Waals surface area contributed by atoms with Crippen LogP contribution in [-0.4, -0.2) is 70.6 Å². The molecule has 1 aromatic carbocycles. The Balaban J connectivity index is 1.60. The van der Waals surface area contributed by atoms with Gasteiger partial charge in [-0.15, -0.1) is 5.10 Å². The number of hydrogen-bond acceptors (Lipinski definition) is 7. The van der Waals surface area contributed by atoms with Crippen LogP contribution in [0, 0.1) is 6.92 Å². The summed E-state index contributed by atoms with van der Waals surface area (Å²) < 4.78 is 24.7. The van der Waals surface area contributed by atoms with E-state index in [1.807, 2.05) is 25.1 Å². The summed E-state index contributed by atoms with van der Waals surface area (Å²) in [6, 6.07) is 5.39. The molecular weight excluding hydrogens is 344 g/mol. The molecule has 0 radical (unpaired) electrons. The summed E-state index contributed by atoms with van der Waals surface area (Å²) in [5.74, 6) is 0.0690. The first-order valence-corrected chi connectivity index (χ1v) is 9.72. The molecule has 1 aromatic heterocycles. The number of rotatable bonds is 5. The van der Waals surface area contributed by atoms with Crippen LogP contribution >= 0.6 is 0 Å². The van der Waals surface area contributed by atoms with Gasteiger partial charge in [-0.3, -0.25) is 4.79 Å². The molecule has 0 spiro atoms. The molecule has 1 fully saturated rings. The molecule has 1 aliphatic rings. The van der Waals surface area contributed by atoms with E-state index >= 15 is 0 Å². The van der Waals surface area contributed by atoms with Crippen molar-refractivity contribution in [1.29, 1.82) is 0 Å². The fourth-order valence-electron chi connectivity index (χ4n) is 2.88. The normalized spacial score (nSPS) is 18.9. The van der Waals surface area contributed by atoms with E-state index in [-0.39, 0.29) is 30.0 Å². The third-order valence-corrected chi connectivity index (χ3v) is 6.14. The van der Waals surface area contributed by atoms with Crippen molar-refractivity contribution in [3.05, 3.63) is 30.1 Å². The predicted molar refractivity (Wildman–Crippen MR) is 92.2 cm³/mol. The lowest BCUT2D eigenvalue weighted by molar-refractivity contribution is -0.129. The molecule has 1 saturated heterocycles. The molecule has 1 N–H and O–H groups in total. The van der Waals surface area contributed by atoms with Gasteiger partial charge in [0.1, 0.15) is 6.33 Å². The van der Waals surface area contributed by atoms with Crippen LogP contribution in [-0.2, 0) is 14.6 Å². The Morgan fingerprint density at radius 2 is 2.24 bits per heavy atom. The molecule has 0 aliphatic carbocycles. The van der Waals surface area contributed by atoms with Crippen LogP contribution in [0.4, 0.5) is 5.69 Å². The zero-order valence-corrected chi connectivity index (χ0v) is 14.9. The van der Waals surface area contributed by atoms with E-state index in [0.29, 0.717) is 6.42 Å². The van der Waals surface area contributed by atoms with Gasteiger partial charge in [0.05, 0.1) is 23.7 Å². The van der Waals surface area contributed by atoms with Crippen molar-refractivity contribution < 1.29 is 13.2 Å². The maximum absolute atomic E-state index is 12.3. The largest absolute Gasteiger partial charge is 0.376 e. The summed E-state index contributed by atoms with van der Waals surface area (Å²) in [6.45, 7) is 2.04. The Bertz CT molecular complexity index is 865. The Labute approximate surface area is 145 Å². The number of sulfone groups is 1. The summed E-state index contributed by atoms with van der Waals surface area (Å²) in [7, 11) is -1.35. The van der Waals surface area contributed by atoms with Crippen molar-refractivity contribution in [2.45, 2.75) is 19.4 Å². The molecular formula is C15H20N6O3S. The summed E-state index contributed by atoms with van der Waals surface area (Å²) in [6.07, 6.45) is 2.02. The van der Waals surface area contributed by atoms with Crippen LogP contribution in [0.5, 0.6) is 0 Å². The third-order valence-electron chi connectivity index (χ3n) is 4.39. The highest BCUT2D eigenvalue weighted by atomic mass is 32.2. The molecule has 25 heavy (non-hydrogen) atoms. The van der Waals surface area contributed by atoms with Crippen LogP contribution in [0.1, 0.15) is 12.0 Å². The van der Waals surface area contributed by atoms with Crippen LogP contribution in [0.25, 0.3) is 5.69 Å². The van der Waals surface area contributed by atoms with Gasteiger partial charge < -0.3 is 10.2 Å². The number of amides is 1. The first-order valence-electron chi connectivity index (χ1n) is 7.90. The van der Waals surface area contributed by atoms with E-state index in [4.69, 9.17) is 0 Å². The van der Waals surface area contributed by atoms with Gasteiger partial charge in [-0.25, -0.2) is 13.1 Å². The van der Waals surface area contributed by atoms with Crippen molar-refractivity contribution in [2.24, 2.45) is 0 Å². The molecule has 0 unspecified atom stereocenters. The zero-order valence-electron chi connectivity index (χ0n) is 14.1. The van der Waals surface area contributed by atoms with Gasteiger partial charge in [-0.2, -0.15) is 0 Å². The first kappa shape index (κ1) is 17.3. The number of likely N-dealkylation sites (N-methyl/N-ethyl adjacent to an activating group) is 1. The molecule has 2 aromatic rings. The molecule has 1 amide bonds. The maximum atomic E-state index is 12.3. The summed E-state index contributed by atoms with van der Waals surface area (Å²) >= 11 is 0. The molecule has 9 nitrogen and oxygen atoms in total. The highest BCUT2D eigenvalue weighted by molar-refractivity contribution is 7.91. The molecule has 134 valence electrons. The average Bonchev–Trinajstić information content (AvgIpc) is 3.21. The topological polar surface area (TPSA) is 110 Å². The number of carbonyl (C=O) groups is 1. The van der Waals surface area contributed by atoms with Gasteiger partial charge in [0.2, 0.25) is 5.91 Å². The van der Waals surface area contributed by atoms with Gasteiger partial charge in [0, 0.05) is 18.8 Å². The predicted octanol–water partition coefficient (Wildman–Crippen LogP) is 0.0281. The van der Waals surface area contributed by atoms with Crippen LogP contribution in [0.2, 0.25) is 0 Å². The van der Waals surface area contributed by atoms with Gasteiger partial charge in [-0.05, 0) is 47.5 Å². The van der Waals surface area contributed by atoms with Crippen molar-refractivity contribution in [3.63, 3.8) is 0 Å². The smallest absolute Gasteiger partial charge is 0.241 e. The van der Waals surface area contributed by atoms with E-state index in [2.05, 4.69) is 20.8 Å². The van der Waals surface area contributed by atoms with Crippen molar-refractivity contribution in [2.75, 3.05) is 30.4 Å².